The highest BCUT2D eigenvalue weighted by Crippen LogP contribution is 2.18. The van der Waals surface area contributed by atoms with Crippen molar-refractivity contribution in [2.75, 3.05) is 32.7 Å². The number of rotatable bonds is 7. The zero-order valence-electron chi connectivity index (χ0n) is 15.3. The van der Waals surface area contributed by atoms with Gasteiger partial charge < -0.3 is 10.6 Å². The van der Waals surface area contributed by atoms with Crippen LogP contribution >= 0.6 is 11.3 Å². The third-order valence-electron chi connectivity index (χ3n) is 4.40. The van der Waals surface area contributed by atoms with Gasteiger partial charge in [-0.15, -0.1) is 0 Å². The number of hydrogen-bond donors (Lipinski definition) is 2. The van der Waals surface area contributed by atoms with Gasteiger partial charge in [0, 0.05) is 44.7 Å². The van der Waals surface area contributed by atoms with Crippen molar-refractivity contribution in [3.05, 3.63) is 34.5 Å². The summed E-state index contributed by atoms with van der Waals surface area (Å²) < 4.78 is 0. The molecule has 1 unspecified atom stereocenters. The maximum Gasteiger partial charge on any atom is 0.191 e. The van der Waals surface area contributed by atoms with Gasteiger partial charge in [-0.3, -0.25) is 9.89 Å². The summed E-state index contributed by atoms with van der Waals surface area (Å²) in [5.41, 5.74) is 2.63. The summed E-state index contributed by atoms with van der Waals surface area (Å²) in [6.07, 6.45) is 2.33. The van der Waals surface area contributed by atoms with E-state index in [0.29, 0.717) is 12.0 Å². The molecule has 4 nitrogen and oxygen atoms in total. The summed E-state index contributed by atoms with van der Waals surface area (Å²) in [7, 11) is 0. The van der Waals surface area contributed by atoms with Crippen molar-refractivity contribution in [1.29, 1.82) is 0 Å². The standard InChI is InChI=1S/C19H32N4S/c1-5-20-19(21-12-16(4)17-8-11-24-14-17)22-18-6-9-23(10-7-18)13-15(2)3/h8,11,14,16,18H,2,5-7,9-10,12-13H2,1,3-4H3,(H2,20,21,22). The summed E-state index contributed by atoms with van der Waals surface area (Å²) in [6.45, 7) is 15.5. The summed E-state index contributed by atoms with van der Waals surface area (Å²) in [4.78, 5) is 7.29. The molecule has 0 bridgehead atoms. The Kier molecular flexibility index (Phi) is 7.79. The number of nitrogens with zero attached hydrogens (tertiary/aromatic N) is 2. The van der Waals surface area contributed by atoms with Gasteiger partial charge in [0.1, 0.15) is 0 Å². The molecule has 1 saturated heterocycles. The molecule has 0 radical (unpaired) electrons. The third-order valence-corrected chi connectivity index (χ3v) is 5.10. The molecule has 1 aromatic heterocycles. The molecule has 1 fully saturated rings. The van der Waals surface area contributed by atoms with Crippen LogP contribution in [0.15, 0.2) is 34.0 Å². The number of aliphatic imine (C=N–C) groups is 1. The van der Waals surface area contributed by atoms with Crippen LogP contribution in [0, 0.1) is 0 Å². The van der Waals surface area contributed by atoms with E-state index in [1.807, 2.05) is 0 Å². The predicted molar refractivity (Wildman–Crippen MR) is 106 cm³/mol. The molecule has 0 amide bonds. The number of nitrogens with one attached hydrogen (secondary N) is 2. The molecule has 0 saturated carbocycles. The summed E-state index contributed by atoms with van der Waals surface area (Å²) in [5, 5.41) is 11.4. The van der Waals surface area contributed by atoms with E-state index in [1.165, 1.54) is 11.1 Å². The highest BCUT2D eigenvalue weighted by molar-refractivity contribution is 7.07. The van der Waals surface area contributed by atoms with Crippen molar-refractivity contribution < 1.29 is 0 Å². The Morgan fingerprint density at radius 1 is 1.46 bits per heavy atom. The summed E-state index contributed by atoms with van der Waals surface area (Å²) in [5.74, 6) is 1.42. The zero-order chi connectivity index (χ0) is 17.4. The fraction of sp³-hybridized carbons (Fsp3) is 0.632. The van der Waals surface area contributed by atoms with E-state index < -0.39 is 0 Å². The Bertz CT molecular complexity index is 515. The van der Waals surface area contributed by atoms with Gasteiger partial charge in [0.15, 0.2) is 5.96 Å². The molecular formula is C19H32N4S. The largest absolute Gasteiger partial charge is 0.357 e. The van der Waals surface area contributed by atoms with Crippen LogP contribution in [0.25, 0.3) is 0 Å². The van der Waals surface area contributed by atoms with Crippen molar-refractivity contribution in [3.63, 3.8) is 0 Å². The predicted octanol–water partition coefficient (Wildman–Crippen LogP) is 3.45. The molecule has 0 aromatic carbocycles. The molecule has 2 N–H and O–H groups in total. The molecule has 1 aliphatic rings. The van der Waals surface area contributed by atoms with Crippen LogP contribution in [0.2, 0.25) is 0 Å². The lowest BCUT2D eigenvalue weighted by molar-refractivity contribution is 0.221. The minimum Gasteiger partial charge on any atom is -0.357 e. The summed E-state index contributed by atoms with van der Waals surface area (Å²) in [6, 6.07) is 2.71. The van der Waals surface area contributed by atoms with Crippen LogP contribution in [-0.4, -0.2) is 49.6 Å². The van der Waals surface area contributed by atoms with Crippen LogP contribution in [0.1, 0.15) is 45.1 Å². The molecule has 134 valence electrons. The monoisotopic (exact) mass is 348 g/mol. The lowest BCUT2D eigenvalue weighted by atomic mass is 10.0. The number of piperidine rings is 1. The fourth-order valence-corrected chi connectivity index (χ4v) is 3.80. The molecule has 0 spiro atoms. The van der Waals surface area contributed by atoms with Crippen molar-refractivity contribution in [1.82, 2.24) is 15.5 Å². The maximum absolute atomic E-state index is 4.80. The Labute approximate surface area is 151 Å². The Morgan fingerprint density at radius 3 is 2.79 bits per heavy atom. The average Bonchev–Trinajstić information content (AvgIpc) is 3.08. The van der Waals surface area contributed by atoms with Gasteiger partial charge in [-0.25, -0.2) is 0 Å². The lowest BCUT2D eigenvalue weighted by Gasteiger charge is -2.33. The normalized spacial score (nSPS) is 18.4. The van der Waals surface area contributed by atoms with Gasteiger partial charge in [-0.05, 0) is 49.1 Å². The number of thiophene rings is 1. The van der Waals surface area contributed by atoms with E-state index in [0.717, 1.165) is 51.5 Å². The molecular weight excluding hydrogens is 316 g/mol. The highest BCUT2D eigenvalue weighted by atomic mass is 32.1. The van der Waals surface area contributed by atoms with Gasteiger partial charge in [0.2, 0.25) is 0 Å². The smallest absolute Gasteiger partial charge is 0.191 e. The second-order valence-corrected chi connectivity index (χ2v) is 7.61. The van der Waals surface area contributed by atoms with Gasteiger partial charge in [-0.1, -0.05) is 19.1 Å². The highest BCUT2D eigenvalue weighted by Gasteiger charge is 2.19. The Balaban J connectivity index is 1.82. The van der Waals surface area contributed by atoms with Crippen molar-refractivity contribution in [3.8, 4) is 0 Å². The minimum atomic E-state index is 0.462. The first-order valence-corrected chi connectivity index (χ1v) is 9.96. The quantitative estimate of drug-likeness (QED) is 0.450. The van der Waals surface area contributed by atoms with Gasteiger partial charge in [0.25, 0.3) is 0 Å². The molecule has 24 heavy (non-hydrogen) atoms. The Morgan fingerprint density at radius 2 is 2.21 bits per heavy atom. The van der Waals surface area contributed by atoms with E-state index in [1.54, 1.807) is 11.3 Å². The maximum atomic E-state index is 4.80. The van der Waals surface area contributed by atoms with Crippen molar-refractivity contribution in [2.24, 2.45) is 4.99 Å². The fourth-order valence-electron chi connectivity index (χ4n) is 3.02. The number of guanidine groups is 1. The van der Waals surface area contributed by atoms with Crippen LogP contribution < -0.4 is 10.6 Å². The van der Waals surface area contributed by atoms with Crippen LogP contribution in [-0.2, 0) is 0 Å². The molecule has 0 aliphatic carbocycles. The molecule has 5 heteroatoms. The van der Waals surface area contributed by atoms with E-state index in [-0.39, 0.29) is 0 Å². The van der Waals surface area contributed by atoms with Gasteiger partial charge in [-0.2, -0.15) is 11.3 Å². The molecule has 2 heterocycles. The topological polar surface area (TPSA) is 39.7 Å². The van der Waals surface area contributed by atoms with Crippen molar-refractivity contribution >= 4 is 17.3 Å². The molecule has 1 atom stereocenters. The molecule has 2 rings (SSSR count). The minimum absolute atomic E-state index is 0.462. The first-order chi connectivity index (χ1) is 11.6. The number of likely N-dealkylation sites (tertiary alicyclic amines) is 1. The third kappa shape index (κ3) is 6.29. The van der Waals surface area contributed by atoms with Crippen LogP contribution in [0.5, 0.6) is 0 Å². The van der Waals surface area contributed by atoms with E-state index >= 15 is 0 Å². The summed E-state index contributed by atoms with van der Waals surface area (Å²) >= 11 is 1.75. The van der Waals surface area contributed by atoms with Gasteiger partial charge >= 0.3 is 0 Å². The van der Waals surface area contributed by atoms with Crippen molar-refractivity contribution in [2.45, 2.75) is 45.6 Å². The second-order valence-electron chi connectivity index (χ2n) is 6.83. The van der Waals surface area contributed by atoms with E-state index in [9.17, 15) is 0 Å². The molecule has 1 aromatic rings. The van der Waals surface area contributed by atoms with Crippen LogP contribution in [0.4, 0.5) is 0 Å². The first-order valence-electron chi connectivity index (χ1n) is 9.02. The molecule has 1 aliphatic heterocycles. The SMILES string of the molecule is C=C(C)CN1CCC(NC(=NCC(C)c2ccsc2)NCC)CC1. The second kappa shape index (κ2) is 9.84. The average molecular weight is 349 g/mol. The first kappa shape index (κ1) is 19.0. The van der Waals surface area contributed by atoms with Gasteiger partial charge in [0.05, 0.1) is 0 Å². The van der Waals surface area contributed by atoms with E-state index in [2.05, 4.69) is 59.7 Å². The zero-order valence-corrected chi connectivity index (χ0v) is 16.2. The Hall–Kier alpha value is -1.33. The lowest BCUT2D eigenvalue weighted by Crippen LogP contribution is -2.49. The van der Waals surface area contributed by atoms with E-state index in [4.69, 9.17) is 4.99 Å². The van der Waals surface area contributed by atoms with Crippen LogP contribution in [0.3, 0.4) is 0 Å². The number of hydrogen-bond acceptors (Lipinski definition) is 3.